The van der Waals surface area contributed by atoms with Crippen LogP contribution in [-0.4, -0.2) is 56.2 Å². The van der Waals surface area contributed by atoms with Crippen LogP contribution in [0.2, 0.25) is 0 Å². The van der Waals surface area contributed by atoms with E-state index >= 15 is 0 Å². The van der Waals surface area contributed by atoms with Gasteiger partial charge in [0.2, 0.25) is 11.8 Å². The highest BCUT2D eigenvalue weighted by molar-refractivity contribution is 5.98. The second-order valence-electron chi connectivity index (χ2n) is 5.74. The normalized spacial score (nSPS) is 24.0. The van der Waals surface area contributed by atoms with E-state index in [0.29, 0.717) is 19.4 Å². The minimum atomic E-state index is -0.983. The summed E-state index contributed by atoms with van der Waals surface area (Å²) in [5.41, 5.74) is 0.750. The molecule has 1 N–H and O–H groups in total. The number of rotatable bonds is 4. The molecule has 22 heavy (non-hydrogen) atoms. The van der Waals surface area contributed by atoms with E-state index in [0.717, 1.165) is 5.69 Å². The number of carboxylic acid groups (broad SMARTS) is 1. The van der Waals surface area contributed by atoms with Gasteiger partial charge >= 0.3 is 5.97 Å². The van der Waals surface area contributed by atoms with Gasteiger partial charge in [0.15, 0.2) is 0 Å². The van der Waals surface area contributed by atoms with Gasteiger partial charge in [0, 0.05) is 32.6 Å². The van der Waals surface area contributed by atoms with E-state index in [4.69, 9.17) is 5.11 Å². The number of aliphatic carboxylic acids is 1. The van der Waals surface area contributed by atoms with Crippen molar-refractivity contribution in [3.05, 3.63) is 12.4 Å². The molecule has 2 aliphatic heterocycles. The summed E-state index contributed by atoms with van der Waals surface area (Å²) in [6.45, 7) is 0.567. The first-order chi connectivity index (χ1) is 10.5. The fourth-order valence-electron chi connectivity index (χ4n) is 3.38. The molecule has 2 atom stereocenters. The molecule has 0 aromatic carbocycles. The van der Waals surface area contributed by atoms with E-state index < -0.39 is 5.97 Å². The van der Waals surface area contributed by atoms with Gasteiger partial charge in [-0.2, -0.15) is 5.10 Å². The molecule has 0 saturated carbocycles. The predicted octanol–water partition coefficient (Wildman–Crippen LogP) is -0.00890. The van der Waals surface area contributed by atoms with Crippen LogP contribution in [0.4, 0.5) is 5.69 Å². The standard InChI is InChI=1S/C14H18N4O4/c1-16-8-9(7-15-16)18-10-4-5-17(11(10)6-13(18)20)12(19)2-3-14(21)22/h7-8,10-11H,2-6H2,1H3,(H,21,22)/t10-,11+/m0/s1. The summed E-state index contributed by atoms with van der Waals surface area (Å²) in [4.78, 5) is 38.4. The van der Waals surface area contributed by atoms with Crippen LogP contribution in [0.3, 0.4) is 0 Å². The number of carbonyl (C=O) groups is 3. The zero-order chi connectivity index (χ0) is 15.9. The van der Waals surface area contributed by atoms with Gasteiger partial charge in [-0.25, -0.2) is 0 Å². The third kappa shape index (κ3) is 2.44. The molecule has 0 bridgehead atoms. The first-order valence-electron chi connectivity index (χ1n) is 7.29. The van der Waals surface area contributed by atoms with Crippen molar-refractivity contribution in [2.24, 2.45) is 7.05 Å². The molecule has 0 aliphatic carbocycles. The number of carbonyl (C=O) groups excluding carboxylic acids is 2. The first kappa shape index (κ1) is 14.6. The molecular formula is C14H18N4O4. The quantitative estimate of drug-likeness (QED) is 0.844. The van der Waals surface area contributed by atoms with Crippen molar-refractivity contribution in [1.82, 2.24) is 14.7 Å². The molecule has 1 aromatic rings. The summed E-state index contributed by atoms with van der Waals surface area (Å²) in [7, 11) is 1.79. The van der Waals surface area contributed by atoms with E-state index in [-0.39, 0.29) is 36.7 Å². The molecule has 8 heteroatoms. The van der Waals surface area contributed by atoms with Gasteiger partial charge < -0.3 is 14.9 Å². The molecule has 118 valence electrons. The van der Waals surface area contributed by atoms with E-state index in [1.165, 1.54) is 0 Å². The summed E-state index contributed by atoms with van der Waals surface area (Å²) in [5, 5.41) is 12.8. The second kappa shape index (κ2) is 5.43. The number of aryl methyl sites for hydroxylation is 1. The largest absolute Gasteiger partial charge is 0.481 e. The van der Waals surface area contributed by atoms with Gasteiger partial charge in [0.05, 0.1) is 30.4 Å². The fourth-order valence-corrected chi connectivity index (χ4v) is 3.38. The van der Waals surface area contributed by atoms with Crippen molar-refractivity contribution in [2.75, 3.05) is 11.4 Å². The molecule has 3 heterocycles. The van der Waals surface area contributed by atoms with Gasteiger partial charge in [0.1, 0.15) is 0 Å². The summed E-state index contributed by atoms with van der Waals surface area (Å²) in [5.74, 6) is -1.18. The molecule has 0 radical (unpaired) electrons. The highest BCUT2D eigenvalue weighted by atomic mass is 16.4. The Morgan fingerprint density at radius 2 is 2.14 bits per heavy atom. The summed E-state index contributed by atoms with van der Waals surface area (Å²) < 4.78 is 1.64. The Morgan fingerprint density at radius 3 is 2.77 bits per heavy atom. The number of likely N-dealkylation sites (tertiary alicyclic amines) is 1. The number of fused-ring (bicyclic) bond motifs is 1. The van der Waals surface area contributed by atoms with Crippen molar-refractivity contribution in [3.8, 4) is 0 Å². The molecule has 2 fully saturated rings. The minimum Gasteiger partial charge on any atom is -0.481 e. The Kier molecular flexibility index (Phi) is 3.59. The van der Waals surface area contributed by atoms with Gasteiger partial charge in [0.25, 0.3) is 0 Å². The SMILES string of the molecule is Cn1cc(N2C(=O)C[C@@H]3[C@@H]2CCN3C(=O)CCC(=O)O)cn1. The minimum absolute atomic E-state index is 0.0142. The van der Waals surface area contributed by atoms with E-state index in [2.05, 4.69) is 5.10 Å². The maximum atomic E-state index is 12.3. The van der Waals surface area contributed by atoms with Crippen molar-refractivity contribution in [3.63, 3.8) is 0 Å². The fraction of sp³-hybridized carbons (Fsp3) is 0.571. The Morgan fingerprint density at radius 1 is 1.36 bits per heavy atom. The maximum Gasteiger partial charge on any atom is 0.303 e. The monoisotopic (exact) mass is 306 g/mol. The number of hydrogen-bond donors (Lipinski definition) is 1. The van der Waals surface area contributed by atoms with Crippen molar-refractivity contribution in [2.45, 2.75) is 37.8 Å². The van der Waals surface area contributed by atoms with E-state index in [9.17, 15) is 14.4 Å². The topological polar surface area (TPSA) is 95.7 Å². The van der Waals surface area contributed by atoms with Gasteiger partial charge in [-0.05, 0) is 6.42 Å². The van der Waals surface area contributed by atoms with Crippen molar-refractivity contribution >= 4 is 23.5 Å². The summed E-state index contributed by atoms with van der Waals surface area (Å²) in [6, 6.07) is -0.195. The molecule has 0 spiro atoms. The average Bonchev–Trinajstić information content (AvgIpc) is 3.11. The lowest BCUT2D eigenvalue weighted by molar-refractivity contribution is -0.141. The second-order valence-corrected chi connectivity index (χ2v) is 5.74. The molecular weight excluding hydrogens is 288 g/mol. The Balaban J connectivity index is 1.73. The molecule has 1 aromatic heterocycles. The van der Waals surface area contributed by atoms with Crippen LogP contribution < -0.4 is 4.90 Å². The maximum absolute atomic E-state index is 12.3. The summed E-state index contributed by atoms with van der Waals surface area (Å²) in [6.07, 6.45) is 4.25. The van der Waals surface area contributed by atoms with Crippen LogP contribution in [0.25, 0.3) is 0 Å². The van der Waals surface area contributed by atoms with E-state index in [1.807, 2.05) is 0 Å². The van der Waals surface area contributed by atoms with E-state index in [1.54, 1.807) is 33.9 Å². The molecule has 8 nitrogen and oxygen atoms in total. The number of amides is 2. The zero-order valence-electron chi connectivity index (χ0n) is 12.3. The van der Waals surface area contributed by atoms with Crippen LogP contribution >= 0.6 is 0 Å². The predicted molar refractivity (Wildman–Crippen MR) is 76.1 cm³/mol. The van der Waals surface area contributed by atoms with Crippen LogP contribution in [0.1, 0.15) is 25.7 Å². The highest BCUT2D eigenvalue weighted by Crippen LogP contribution is 2.36. The number of nitrogens with zero attached hydrogens (tertiary/aromatic N) is 4. The van der Waals surface area contributed by atoms with Gasteiger partial charge in [-0.1, -0.05) is 0 Å². The summed E-state index contributed by atoms with van der Waals surface area (Å²) >= 11 is 0. The smallest absolute Gasteiger partial charge is 0.303 e. The Labute approximate surface area is 127 Å². The number of anilines is 1. The molecule has 2 amide bonds. The first-order valence-corrected chi connectivity index (χ1v) is 7.29. The number of hydrogen-bond acceptors (Lipinski definition) is 4. The number of carboxylic acids is 1. The lowest BCUT2D eigenvalue weighted by Crippen LogP contribution is -2.40. The molecule has 0 unspecified atom stereocenters. The molecule has 3 rings (SSSR count). The Bertz CT molecular complexity index is 626. The lowest BCUT2D eigenvalue weighted by atomic mass is 10.1. The van der Waals surface area contributed by atoms with Gasteiger partial charge in [-0.15, -0.1) is 0 Å². The van der Waals surface area contributed by atoms with Crippen LogP contribution in [0.15, 0.2) is 12.4 Å². The third-order valence-corrected chi connectivity index (χ3v) is 4.34. The number of aromatic nitrogens is 2. The Hall–Kier alpha value is -2.38. The zero-order valence-corrected chi connectivity index (χ0v) is 12.3. The van der Waals surface area contributed by atoms with Crippen LogP contribution in [0.5, 0.6) is 0 Å². The molecule has 2 saturated heterocycles. The van der Waals surface area contributed by atoms with Crippen LogP contribution in [-0.2, 0) is 21.4 Å². The van der Waals surface area contributed by atoms with Crippen molar-refractivity contribution < 1.29 is 19.5 Å². The van der Waals surface area contributed by atoms with Crippen molar-refractivity contribution in [1.29, 1.82) is 0 Å². The third-order valence-electron chi connectivity index (χ3n) is 4.34. The lowest BCUT2D eigenvalue weighted by Gasteiger charge is -2.24. The highest BCUT2D eigenvalue weighted by Gasteiger charge is 2.48. The molecule has 2 aliphatic rings. The average molecular weight is 306 g/mol. The van der Waals surface area contributed by atoms with Gasteiger partial charge in [-0.3, -0.25) is 19.1 Å². The van der Waals surface area contributed by atoms with Crippen LogP contribution in [0, 0.1) is 0 Å².